The van der Waals surface area contributed by atoms with Crippen LogP contribution < -0.4 is 25.3 Å². The van der Waals surface area contributed by atoms with Crippen LogP contribution in [0.5, 0.6) is 17.2 Å². The van der Waals surface area contributed by atoms with Crippen LogP contribution >= 0.6 is 0 Å². The summed E-state index contributed by atoms with van der Waals surface area (Å²) < 4.78 is 16.0. The van der Waals surface area contributed by atoms with Gasteiger partial charge in [0.05, 0.1) is 20.8 Å². The highest BCUT2D eigenvalue weighted by molar-refractivity contribution is 5.68. The van der Waals surface area contributed by atoms with E-state index in [9.17, 15) is 0 Å². The molecule has 5 nitrogen and oxygen atoms in total. The highest BCUT2D eigenvalue weighted by atomic mass is 16.5. The minimum absolute atomic E-state index is 0.596. The van der Waals surface area contributed by atoms with Gasteiger partial charge in [-0.3, -0.25) is 0 Å². The molecule has 3 N–H and O–H groups in total. The largest absolute Gasteiger partial charge is 0.494 e. The molecule has 21 heavy (non-hydrogen) atoms. The van der Waals surface area contributed by atoms with E-state index in [1.54, 1.807) is 20.3 Å². The molecule has 0 fully saturated rings. The van der Waals surface area contributed by atoms with Crippen LogP contribution in [0.15, 0.2) is 36.4 Å². The molecular weight excluding hydrogens is 268 g/mol. The van der Waals surface area contributed by atoms with E-state index in [0.717, 1.165) is 17.1 Å². The Morgan fingerprint density at radius 2 is 1.71 bits per heavy atom. The monoisotopic (exact) mass is 288 g/mol. The lowest BCUT2D eigenvalue weighted by molar-refractivity contribution is 0.340. The molecule has 0 atom stereocenters. The molecule has 0 bridgehead atoms. The van der Waals surface area contributed by atoms with E-state index in [4.69, 9.17) is 19.9 Å². The minimum Gasteiger partial charge on any atom is -0.494 e. The van der Waals surface area contributed by atoms with Crippen molar-refractivity contribution in [1.82, 2.24) is 0 Å². The normalized spacial score (nSPS) is 10.0. The van der Waals surface area contributed by atoms with Gasteiger partial charge in [-0.15, -0.1) is 0 Å². The van der Waals surface area contributed by atoms with Crippen LogP contribution in [0.25, 0.3) is 0 Å². The molecule has 0 heterocycles. The van der Waals surface area contributed by atoms with Gasteiger partial charge in [0.2, 0.25) is 0 Å². The molecule has 0 aromatic heterocycles. The second-order valence-electron chi connectivity index (χ2n) is 4.42. The van der Waals surface area contributed by atoms with Crippen molar-refractivity contribution in [3.05, 3.63) is 36.4 Å². The van der Waals surface area contributed by atoms with Crippen molar-refractivity contribution < 1.29 is 14.2 Å². The van der Waals surface area contributed by atoms with E-state index in [1.807, 2.05) is 37.3 Å². The zero-order valence-corrected chi connectivity index (χ0v) is 12.5. The predicted octanol–water partition coefficient (Wildman–Crippen LogP) is 3.43. The number of ether oxygens (including phenoxy) is 3. The van der Waals surface area contributed by atoms with E-state index >= 15 is 0 Å². The molecule has 0 aliphatic carbocycles. The maximum Gasteiger partial charge on any atom is 0.162 e. The van der Waals surface area contributed by atoms with E-state index < -0.39 is 0 Å². The summed E-state index contributed by atoms with van der Waals surface area (Å²) in [6.07, 6.45) is 0. The van der Waals surface area contributed by atoms with Crippen LogP contribution in [0.3, 0.4) is 0 Å². The first kappa shape index (κ1) is 14.8. The van der Waals surface area contributed by atoms with Crippen LogP contribution in [0.4, 0.5) is 17.1 Å². The first-order valence-corrected chi connectivity index (χ1v) is 6.68. The van der Waals surface area contributed by atoms with Crippen molar-refractivity contribution >= 4 is 17.1 Å². The van der Waals surface area contributed by atoms with Crippen molar-refractivity contribution in [1.29, 1.82) is 0 Å². The molecule has 0 amide bonds. The lowest BCUT2D eigenvalue weighted by atomic mass is 10.2. The Kier molecular flexibility index (Phi) is 4.77. The summed E-state index contributed by atoms with van der Waals surface area (Å²) in [5.74, 6) is 2.09. The number of anilines is 3. The molecule has 5 heteroatoms. The fourth-order valence-corrected chi connectivity index (χ4v) is 2.02. The summed E-state index contributed by atoms with van der Waals surface area (Å²) in [5.41, 5.74) is 8.25. The molecule has 0 radical (unpaired) electrons. The second-order valence-corrected chi connectivity index (χ2v) is 4.42. The number of nitrogens with two attached hydrogens (primary N) is 1. The van der Waals surface area contributed by atoms with Gasteiger partial charge in [0.15, 0.2) is 11.5 Å². The number of nitrogens with one attached hydrogen (secondary N) is 1. The van der Waals surface area contributed by atoms with Crippen molar-refractivity contribution in [3.8, 4) is 17.2 Å². The van der Waals surface area contributed by atoms with Gasteiger partial charge in [-0.05, 0) is 25.1 Å². The summed E-state index contributed by atoms with van der Waals surface area (Å²) in [7, 11) is 3.21. The molecule has 0 aliphatic rings. The molecule has 2 aromatic carbocycles. The van der Waals surface area contributed by atoms with Crippen LogP contribution in [-0.4, -0.2) is 20.8 Å². The number of benzene rings is 2. The zero-order valence-electron chi connectivity index (χ0n) is 12.5. The van der Waals surface area contributed by atoms with Crippen molar-refractivity contribution in [3.63, 3.8) is 0 Å². The topological polar surface area (TPSA) is 65.7 Å². The quantitative estimate of drug-likeness (QED) is 0.797. The van der Waals surface area contributed by atoms with Gasteiger partial charge in [-0.25, -0.2) is 0 Å². The summed E-state index contributed by atoms with van der Waals surface area (Å²) >= 11 is 0. The Bertz CT molecular complexity index is 614. The third-order valence-corrected chi connectivity index (χ3v) is 2.91. The molecule has 112 valence electrons. The maximum absolute atomic E-state index is 5.88. The van der Waals surface area contributed by atoms with Crippen LogP contribution in [0.2, 0.25) is 0 Å². The Morgan fingerprint density at radius 3 is 2.38 bits per heavy atom. The van der Waals surface area contributed by atoms with E-state index in [2.05, 4.69) is 5.32 Å². The van der Waals surface area contributed by atoms with Gasteiger partial charge in [-0.2, -0.15) is 0 Å². The van der Waals surface area contributed by atoms with Gasteiger partial charge in [0.1, 0.15) is 5.75 Å². The first-order chi connectivity index (χ1) is 10.2. The molecular formula is C16H20N2O3. The maximum atomic E-state index is 5.88. The SMILES string of the molecule is CCOc1cc(N)cc(Nc2ccc(OC)c(OC)c2)c1. The Balaban J connectivity index is 2.25. The number of nitrogen functional groups attached to an aromatic ring is 1. The lowest BCUT2D eigenvalue weighted by Gasteiger charge is -2.13. The summed E-state index contributed by atoms with van der Waals surface area (Å²) in [6.45, 7) is 2.53. The van der Waals surface area contributed by atoms with Gasteiger partial charge in [-0.1, -0.05) is 0 Å². The summed E-state index contributed by atoms with van der Waals surface area (Å²) in [6, 6.07) is 11.2. The van der Waals surface area contributed by atoms with Gasteiger partial charge in [0.25, 0.3) is 0 Å². The van der Waals surface area contributed by atoms with E-state index in [0.29, 0.717) is 23.8 Å². The zero-order chi connectivity index (χ0) is 15.2. The van der Waals surface area contributed by atoms with Crippen molar-refractivity contribution in [2.75, 3.05) is 31.9 Å². The van der Waals surface area contributed by atoms with E-state index in [1.165, 1.54) is 0 Å². The molecule has 0 spiro atoms. The lowest BCUT2D eigenvalue weighted by Crippen LogP contribution is -1.97. The van der Waals surface area contributed by atoms with Crippen molar-refractivity contribution in [2.24, 2.45) is 0 Å². The highest BCUT2D eigenvalue weighted by Crippen LogP contribution is 2.32. The predicted molar refractivity (Wildman–Crippen MR) is 84.9 cm³/mol. The van der Waals surface area contributed by atoms with E-state index in [-0.39, 0.29) is 0 Å². The number of hydrogen-bond acceptors (Lipinski definition) is 5. The second kappa shape index (κ2) is 6.74. The molecule has 0 saturated heterocycles. The van der Waals surface area contributed by atoms with Crippen LogP contribution in [0.1, 0.15) is 6.92 Å². The summed E-state index contributed by atoms with van der Waals surface area (Å²) in [4.78, 5) is 0. The minimum atomic E-state index is 0.596. The molecule has 0 saturated carbocycles. The van der Waals surface area contributed by atoms with Gasteiger partial charge >= 0.3 is 0 Å². The van der Waals surface area contributed by atoms with Crippen LogP contribution in [-0.2, 0) is 0 Å². The third kappa shape index (κ3) is 3.72. The smallest absolute Gasteiger partial charge is 0.162 e. The average Bonchev–Trinajstić information content (AvgIpc) is 2.46. The number of rotatable bonds is 6. The Morgan fingerprint density at radius 1 is 0.952 bits per heavy atom. The van der Waals surface area contributed by atoms with Crippen molar-refractivity contribution in [2.45, 2.75) is 6.92 Å². The van der Waals surface area contributed by atoms with Gasteiger partial charge < -0.3 is 25.3 Å². The summed E-state index contributed by atoms with van der Waals surface area (Å²) in [5, 5.41) is 3.27. The number of methoxy groups -OCH3 is 2. The Labute approximate surface area is 124 Å². The third-order valence-electron chi connectivity index (χ3n) is 2.91. The average molecular weight is 288 g/mol. The van der Waals surface area contributed by atoms with Crippen LogP contribution in [0, 0.1) is 0 Å². The molecule has 2 rings (SSSR count). The number of hydrogen-bond donors (Lipinski definition) is 2. The fourth-order valence-electron chi connectivity index (χ4n) is 2.02. The molecule has 2 aromatic rings. The molecule has 0 unspecified atom stereocenters. The fraction of sp³-hybridized carbons (Fsp3) is 0.250. The molecule has 0 aliphatic heterocycles. The van der Waals surface area contributed by atoms with Gasteiger partial charge in [0, 0.05) is 35.3 Å². The highest BCUT2D eigenvalue weighted by Gasteiger charge is 2.06. The standard InChI is InChI=1S/C16H20N2O3/c1-4-21-14-8-11(17)7-13(9-14)18-12-5-6-15(19-2)16(10-12)20-3/h5-10,18H,4,17H2,1-3H3. The Hall–Kier alpha value is -2.56. The first-order valence-electron chi connectivity index (χ1n) is 6.68.